The topological polar surface area (TPSA) is 130 Å². The van der Waals surface area contributed by atoms with Crippen molar-refractivity contribution in [2.45, 2.75) is 18.9 Å². The molecule has 0 aliphatic rings. The molecule has 0 saturated heterocycles. The molecule has 3 N–H and O–H groups in total. The molecule has 10 nitrogen and oxygen atoms in total. The zero-order valence-corrected chi connectivity index (χ0v) is 16.6. The van der Waals surface area contributed by atoms with Crippen LogP contribution in [0.4, 0.5) is 13.2 Å². The Morgan fingerprint density at radius 3 is 2.69 bits per heavy atom. The molecule has 0 spiro atoms. The van der Waals surface area contributed by atoms with Gasteiger partial charge in [0.1, 0.15) is 23.8 Å². The van der Waals surface area contributed by atoms with Gasteiger partial charge in [0.25, 0.3) is 5.91 Å². The van der Waals surface area contributed by atoms with E-state index >= 15 is 0 Å². The average Bonchev–Trinajstić information content (AvgIpc) is 3.08. The van der Waals surface area contributed by atoms with Crippen LogP contribution in [0.2, 0.25) is 0 Å². The van der Waals surface area contributed by atoms with E-state index in [0.29, 0.717) is 6.29 Å². The third-order valence-corrected chi connectivity index (χ3v) is 4.45. The zero-order valence-electron chi connectivity index (χ0n) is 16.6. The fourth-order valence-corrected chi connectivity index (χ4v) is 2.86. The molecule has 1 aromatic carbocycles. The van der Waals surface area contributed by atoms with Crippen molar-refractivity contribution in [2.24, 2.45) is 5.73 Å². The Labute approximate surface area is 178 Å². The Hall–Kier alpha value is -3.87. The number of methoxy groups -OCH3 is 1. The number of nitrogens with two attached hydrogens (primary N) is 1. The highest BCUT2D eigenvalue weighted by Gasteiger charge is 2.32. The molecule has 32 heavy (non-hydrogen) atoms. The van der Waals surface area contributed by atoms with E-state index in [0.717, 1.165) is 15.1 Å². The number of halogens is 3. The number of nitrogens with one attached hydrogen (secondary N) is 1. The molecule has 2 aromatic heterocycles. The third kappa shape index (κ3) is 4.88. The maximum Gasteiger partial charge on any atom is 0.573 e. The summed E-state index contributed by atoms with van der Waals surface area (Å²) in [6, 6.07) is 5.60. The summed E-state index contributed by atoms with van der Waals surface area (Å²) in [6.45, 7) is -0.425. The van der Waals surface area contributed by atoms with Crippen LogP contribution >= 0.6 is 0 Å². The largest absolute Gasteiger partial charge is 0.573 e. The number of ether oxygens (including phenoxy) is 2. The number of benzene rings is 1. The van der Waals surface area contributed by atoms with E-state index in [9.17, 15) is 27.6 Å². The lowest BCUT2D eigenvalue weighted by Crippen LogP contribution is -2.31. The highest BCUT2D eigenvalue weighted by Crippen LogP contribution is 2.30. The van der Waals surface area contributed by atoms with Crippen LogP contribution in [0.25, 0.3) is 5.65 Å². The van der Waals surface area contributed by atoms with Gasteiger partial charge < -0.3 is 25.3 Å². The van der Waals surface area contributed by atoms with E-state index < -0.39 is 29.8 Å². The standard InChI is InChI=1S/C19H18F3N5O5/c1-31-14-4-2-11(15(6-14)32-19(20,21)22)8-24-17(29)12-3-5-16-25-27(13(7-23)10-28)18(30)26(16)9-12/h2-6,9-10,13H,7-8,23H2,1H3,(H,24,29). The van der Waals surface area contributed by atoms with Gasteiger partial charge in [-0.2, -0.15) is 0 Å². The van der Waals surface area contributed by atoms with Crippen molar-refractivity contribution in [1.82, 2.24) is 19.5 Å². The molecule has 2 heterocycles. The molecule has 1 atom stereocenters. The molecule has 3 aromatic rings. The molecule has 13 heteroatoms. The van der Waals surface area contributed by atoms with Gasteiger partial charge in [-0.25, -0.2) is 13.9 Å². The molecule has 0 radical (unpaired) electrons. The molecular formula is C19H18F3N5O5. The number of aromatic nitrogens is 3. The van der Waals surface area contributed by atoms with E-state index in [1.54, 1.807) is 0 Å². The van der Waals surface area contributed by atoms with Crippen LogP contribution in [0.15, 0.2) is 41.3 Å². The first-order valence-corrected chi connectivity index (χ1v) is 9.14. The number of carbonyl (C=O) groups excluding carboxylic acids is 2. The molecule has 0 bridgehead atoms. The van der Waals surface area contributed by atoms with Gasteiger partial charge >= 0.3 is 12.1 Å². The molecule has 0 saturated carbocycles. The highest BCUT2D eigenvalue weighted by atomic mass is 19.4. The lowest BCUT2D eigenvalue weighted by Gasteiger charge is -2.15. The average molecular weight is 453 g/mol. The fraction of sp³-hybridized carbons (Fsp3) is 0.263. The normalized spacial score (nSPS) is 12.4. The summed E-state index contributed by atoms with van der Waals surface area (Å²) in [4.78, 5) is 36.1. The van der Waals surface area contributed by atoms with Crippen LogP contribution < -0.4 is 26.2 Å². The van der Waals surface area contributed by atoms with Gasteiger partial charge in [0, 0.05) is 30.9 Å². The van der Waals surface area contributed by atoms with Crippen LogP contribution in [0.3, 0.4) is 0 Å². The van der Waals surface area contributed by atoms with Crippen LogP contribution in [0.1, 0.15) is 22.0 Å². The maximum absolute atomic E-state index is 12.7. The Balaban J connectivity index is 1.83. The molecule has 1 amide bonds. The fourth-order valence-electron chi connectivity index (χ4n) is 2.86. The first-order chi connectivity index (χ1) is 15.2. The predicted octanol–water partition coefficient (Wildman–Crippen LogP) is 1.03. The number of amides is 1. The number of fused-ring (bicyclic) bond motifs is 1. The van der Waals surface area contributed by atoms with Crippen LogP contribution in [0, 0.1) is 0 Å². The van der Waals surface area contributed by atoms with Crippen molar-refractivity contribution in [1.29, 1.82) is 0 Å². The van der Waals surface area contributed by atoms with E-state index in [-0.39, 0.29) is 35.6 Å². The van der Waals surface area contributed by atoms with Gasteiger partial charge in [0.2, 0.25) is 0 Å². The van der Waals surface area contributed by atoms with E-state index in [1.165, 1.54) is 37.6 Å². The first kappa shape index (κ1) is 22.8. The number of hydrogen-bond donors (Lipinski definition) is 2. The minimum Gasteiger partial charge on any atom is -0.497 e. The van der Waals surface area contributed by atoms with Gasteiger partial charge in [-0.15, -0.1) is 18.3 Å². The summed E-state index contributed by atoms with van der Waals surface area (Å²) in [6.07, 6.45) is -3.24. The third-order valence-electron chi connectivity index (χ3n) is 4.45. The molecule has 0 aliphatic heterocycles. The maximum atomic E-state index is 12.7. The van der Waals surface area contributed by atoms with Crippen molar-refractivity contribution in [2.75, 3.05) is 13.7 Å². The molecule has 0 aliphatic carbocycles. The smallest absolute Gasteiger partial charge is 0.497 e. The van der Waals surface area contributed by atoms with Gasteiger partial charge in [-0.05, 0) is 24.3 Å². The van der Waals surface area contributed by atoms with Gasteiger partial charge in [-0.1, -0.05) is 0 Å². The Morgan fingerprint density at radius 2 is 2.06 bits per heavy atom. The monoisotopic (exact) mass is 453 g/mol. The SMILES string of the molecule is COc1ccc(CNC(=O)c2ccc3nn(C(C=O)CN)c(=O)n3c2)c(OC(F)(F)F)c1. The minimum atomic E-state index is -4.93. The summed E-state index contributed by atoms with van der Waals surface area (Å²) < 4.78 is 49.0. The summed E-state index contributed by atoms with van der Waals surface area (Å²) >= 11 is 0. The summed E-state index contributed by atoms with van der Waals surface area (Å²) in [5.41, 5.74) is 5.06. The lowest BCUT2D eigenvalue weighted by atomic mass is 10.1. The first-order valence-electron chi connectivity index (χ1n) is 9.14. The Kier molecular flexibility index (Phi) is 6.48. The van der Waals surface area contributed by atoms with Crippen molar-refractivity contribution >= 4 is 17.8 Å². The zero-order chi connectivity index (χ0) is 23.5. The number of alkyl halides is 3. The van der Waals surface area contributed by atoms with Gasteiger partial charge in [-0.3, -0.25) is 4.79 Å². The summed E-state index contributed by atoms with van der Waals surface area (Å²) in [7, 11) is 1.29. The molecule has 3 rings (SSSR count). The van der Waals surface area contributed by atoms with E-state index in [2.05, 4.69) is 15.2 Å². The number of nitrogens with zero attached hydrogens (tertiary/aromatic N) is 3. The number of rotatable bonds is 8. The Morgan fingerprint density at radius 1 is 1.31 bits per heavy atom. The second kappa shape index (κ2) is 9.09. The van der Waals surface area contributed by atoms with Crippen molar-refractivity contribution in [3.63, 3.8) is 0 Å². The number of aldehydes is 1. The van der Waals surface area contributed by atoms with Crippen LogP contribution in [-0.2, 0) is 11.3 Å². The van der Waals surface area contributed by atoms with E-state index in [4.69, 9.17) is 10.5 Å². The highest BCUT2D eigenvalue weighted by molar-refractivity contribution is 5.94. The number of hydrogen-bond acceptors (Lipinski definition) is 7. The Bertz CT molecular complexity index is 1200. The predicted molar refractivity (Wildman–Crippen MR) is 104 cm³/mol. The second-order valence-corrected chi connectivity index (χ2v) is 6.52. The summed E-state index contributed by atoms with van der Waals surface area (Å²) in [5, 5.41) is 6.47. The number of pyridine rings is 1. The van der Waals surface area contributed by atoms with Crippen molar-refractivity contribution < 1.29 is 32.2 Å². The minimum absolute atomic E-state index is 0.0429. The lowest BCUT2D eigenvalue weighted by molar-refractivity contribution is -0.274. The number of carbonyl (C=O) groups is 2. The molecule has 1 unspecified atom stereocenters. The molecule has 0 fully saturated rings. The van der Waals surface area contributed by atoms with Crippen molar-refractivity contribution in [3.8, 4) is 11.5 Å². The van der Waals surface area contributed by atoms with Crippen LogP contribution in [-0.4, -0.2) is 46.4 Å². The summed E-state index contributed by atoms with van der Waals surface area (Å²) in [5.74, 6) is -1.04. The molecule has 170 valence electrons. The molecular weight excluding hydrogens is 435 g/mol. The van der Waals surface area contributed by atoms with Crippen molar-refractivity contribution in [3.05, 3.63) is 58.1 Å². The second-order valence-electron chi connectivity index (χ2n) is 6.52. The quantitative estimate of drug-likeness (QED) is 0.487. The van der Waals surface area contributed by atoms with Gasteiger partial charge in [0.05, 0.1) is 12.7 Å². The van der Waals surface area contributed by atoms with Gasteiger partial charge in [0.15, 0.2) is 5.65 Å². The van der Waals surface area contributed by atoms with Crippen LogP contribution in [0.5, 0.6) is 11.5 Å². The van der Waals surface area contributed by atoms with E-state index in [1.807, 2.05) is 0 Å².